The van der Waals surface area contributed by atoms with Crippen molar-refractivity contribution >= 4 is 45.7 Å². The summed E-state index contributed by atoms with van der Waals surface area (Å²) in [5, 5.41) is 6.23. The minimum atomic E-state index is -0.253. The zero-order chi connectivity index (χ0) is 22.4. The van der Waals surface area contributed by atoms with E-state index in [0.29, 0.717) is 32.8 Å². The van der Waals surface area contributed by atoms with Crippen LogP contribution in [0.4, 0.5) is 10.8 Å². The highest BCUT2D eigenvalue weighted by molar-refractivity contribution is 8.00. The number of hydrogen-bond acceptors (Lipinski definition) is 7. The van der Waals surface area contributed by atoms with E-state index in [0.717, 1.165) is 10.6 Å². The molecule has 1 aromatic heterocycles. The van der Waals surface area contributed by atoms with Gasteiger partial charge in [0.1, 0.15) is 0 Å². The number of benzene rings is 2. The third-order valence-electron chi connectivity index (χ3n) is 4.41. The molecule has 1 heterocycles. The van der Waals surface area contributed by atoms with E-state index in [1.807, 2.05) is 26.0 Å². The molecule has 162 valence electrons. The first kappa shape index (κ1) is 22.6. The molecule has 9 heteroatoms. The van der Waals surface area contributed by atoms with Gasteiger partial charge in [-0.05, 0) is 38.1 Å². The number of methoxy groups -OCH3 is 2. The number of amides is 2. The second kappa shape index (κ2) is 10.3. The Morgan fingerprint density at radius 1 is 1.03 bits per heavy atom. The van der Waals surface area contributed by atoms with Gasteiger partial charge >= 0.3 is 0 Å². The minimum Gasteiger partial charge on any atom is -0.493 e. The van der Waals surface area contributed by atoms with Crippen LogP contribution in [0.15, 0.2) is 47.4 Å². The fourth-order valence-corrected chi connectivity index (χ4v) is 4.38. The summed E-state index contributed by atoms with van der Waals surface area (Å²) in [7, 11) is 3.09. The minimum absolute atomic E-state index is 0.147. The monoisotopic (exact) mass is 457 g/mol. The number of nitrogens with one attached hydrogen (secondary N) is 2. The number of aryl methyl sites for hydroxylation is 2. The third kappa shape index (κ3) is 5.77. The maximum Gasteiger partial charge on any atom is 0.258 e. The van der Waals surface area contributed by atoms with E-state index in [4.69, 9.17) is 9.47 Å². The normalized spacial score (nSPS) is 10.5. The molecule has 0 aliphatic heterocycles. The Morgan fingerprint density at radius 3 is 2.45 bits per heavy atom. The molecule has 0 aliphatic carbocycles. The molecule has 0 radical (unpaired) electrons. The van der Waals surface area contributed by atoms with Crippen molar-refractivity contribution in [1.82, 2.24) is 4.98 Å². The highest BCUT2D eigenvalue weighted by atomic mass is 32.2. The molecule has 0 fully saturated rings. The van der Waals surface area contributed by atoms with Gasteiger partial charge in [-0.1, -0.05) is 12.1 Å². The van der Waals surface area contributed by atoms with Crippen molar-refractivity contribution in [2.24, 2.45) is 0 Å². The van der Waals surface area contributed by atoms with E-state index in [1.165, 1.54) is 30.2 Å². The molecule has 2 amide bonds. The SMILES string of the molecule is COc1ccc(NC(=O)CSc2ccccc2C(=O)Nc2nc(C)c(C)s2)cc1OC. The first-order valence-electron chi connectivity index (χ1n) is 9.40. The Bertz CT molecular complexity index is 1080. The van der Waals surface area contributed by atoms with Crippen LogP contribution in [0.3, 0.4) is 0 Å². The highest BCUT2D eigenvalue weighted by Crippen LogP contribution is 2.30. The summed E-state index contributed by atoms with van der Waals surface area (Å²) < 4.78 is 10.5. The van der Waals surface area contributed by atoms with Crippen LogP contribution in [0.5, 0.6) is 11.5 Å². The molecule has 0 saturated heterocycles. The van der Waals surface area contributed by atoms with Crippen molar-refractivity contribution in [2.45, 2.75) is 18.7 Å². The number of ether oxygens (including phenoxy) is 2. The van der Waals surface area contributed by atoms with Crippen LogP contribution in [0.2, 0.25) is 0 Å². The molecule has 0 spiro atoms. The fourth-order valence-electron chi connectivity index (χ4n) is 2.73. The molecule has 3 aromatic rings. The molecule has 0 atom stereocenters. The maximum absolute atomic E-state index is 12.7. The predicted octanol–water partition coefficient (Wildman–Crippen LogP) is 4.76. The average Bonchev–Trinajstić information content (AvgIpc) is 3.08. The zero-order valence-electron chi connectivity index (χ0n) is 17.6. The molecule has 31 heavy (non-hydrogen) atoms. The summed E-state index contributed by atoms with van der Waals surface area (Å²) >= 11 is 2.73. The van der Waals surface area contributed by atoms with Crippen LogP contribution in [-0.2, 0) is 4.79 Å². The van der Waals surface area contributed by atoms with Gasteiger partial charge in [0, 0.05) is 21.5 Å². The second-order valence-corrected chi connectivity index (χ2v) is 8.74. The molecular formula is C22H23N3O4S2. The zero-order valence-corrected chi connectivity index (χ0v) is 19.3. The van der Waals surface area contributed by atoms with Crippen molar-refractivity contribution in [3.05, 3.63) is 58.6 Å². The third-order valence-corrected chi connectivity index (χ3v) is 6.47. The van der Waals surface area contributed by atoms with Gasteiger partial charge < -0.3 is 14.8 Å². The number of carbonyl (C=O) groups excluding carboxylic acids is 2. The topological polar surface area (TPSA) is 89.5 Å². The number of thiazole rings is 1. The predicted molar refractivity (Wildman–Crippen MR) is 125 cm³/mol. The number of carbonyl (C=O) groups is 2. The number of aromatic nitrogens is 1. The van der Waals surface area contributed by atoms with Gasteiger partial charge in [-0.25, -0.2) is 4.98 Å². The smallest absolute Gasteiger partial charge is 0.258 e. The molecule has 7 nitrogen and oxygen atoms in total. The lowest BCUT2D eigenvalue weighted by Crippen LogP contribution is -2.16. The van der Waals surface area contributed by atoms with Crippen LogP contribution >= 0.6 is 23.1 Å². The van der Waals surface area contributed by atoms with E-state index >= 15 is 0 Å². The Balaban J connectivity index is 1.64. The van der Waals surface area contributed by atoms with Gasteiger partial charge in [0.2, 0.25) is 5.91 Å². The Labute approximate surface area is 189 Å². The highest BCUT2D eigenvalue weighted by Gasteiger charge is 2.15. The molecule has 0 saturated carbocycles. The van der Waals surface area contributed by atoms with E-state index in [2.05, 4.69) is 15.6 Å². The standard InChI is InChI=1S/C22H23N3O4S2/c1-13-14(2)31-22(23-13)25-21(27)16-7-5-6-8-19(16)30-12-20(26)24-15-9-10-17(28-3)18(11-15)29-4/h5-11H,12H2,1-4H3,(H,24,26)(H,23,25,27). The van der Waals surface area contributed by atoms with Crippen molar-refractivity contribution in [3.8, 4) is 11.5 Å². The molecule has 0 unspecified atom stereocenters. The van der Waals surface area contributed by atoms with Crippen molar-refractivity contribution in [2.75, 3.05) is 30.6 Å². The van der Waals surface area contributed by atoms with Crippen molar-refractivity contribution in [1.29, 1.82) is 0 Å². The number of hydrogen-bond donors (Lipinski definition) is 2. The number of thioether (sulfide) groups is 1. The summed E-state index contributed by atoms with van der Waals surface area (Å²) in [6.45, 7) is 3.87. The second-order valence-electron chi connectivity index (χ2n) is 6.52. The summed E-state index contributed by atoms with van der Waals surface area (Å²) in [5.74, 6) is 0.812. The fraction of sp³-hybridized carbons (Fsp3) is 0.227. The van der Waals surface area contributed by atoms with Gasteiger partial charge in [0.25, 0.3) is 5.91 Å². The first-order chi connectivity index (χ1) is 14.9. The molecular weight excluding hydrogens is 434 g/mol. The van der Waals surface area contributed by atoms with Gasteiger partial charge in [-0.2, -0.15) is 0 Å². The summed E-state index contributed by atoms with van der Waals surface area (Å²) in [6.07, 6.45) is 0. The summed E-state index contributed by atoms with van der Waals surface area (Å²) in [5.41, 5.74) is 2.00. The number of nitrogens with zero attached hydrogens (tertiary/aromatic N) is 1. The van der Waals surface area contributed by atoms with Crippen LogP contribution in [0, 0.1) is 13.8 Å². The van der Waals surface area contributed by atoms with Crippen LogP contribution in [0.25, 0.3) is 0 Å². The van der Waals surface area contributed by atoms with Gasteiger partial charge in [0.05, 0.1) is 31.2 Å². The lowest BCUT2D eigenvalue weighted by Gasteiger charge is -2.11. The van der Waals surface area contributed by atoms with Crippen LogP contribution in [-0.4, -0.2) is 36.8 Å². The summed E-state index contributed by atoms with van der Waals surface area (Å²) in [6, 6.07) is 12.3. The molecule has 0 aliphatic rings. The largest absolute Gasteiger partial charge is 0.493 e. The lowest BCUT2D eigenvalue weighted by molar-refractivity contribution is -0.113. The van der Waals surface area contributed by atoms with Gasteiger partial charge in [-0.3, -0.25) is 14.9 Å². The summed E-state index contributed by atoms with van der Waals surface area (Å²) in [4.78, 5) is 31.3. The van der Waals surface area contributed by atoms with Crippen molar-refractivity contribution in [3.63, 3.8) is 0 Å². The number of anilines is 2. The molecule has 2 N–H and O–H groups in total. The van der Waals surface area contributed by atoms with E-state index in [1.54, 1.807) is 37.4 Å². The Hall–Kier alpha value is -3.04. The Morgan fingerprint density at radius 2 is 1.77 bits per heavy atom. The average molecular weight is 458 g/mol. The van der Waals surface area contributed by atoms with Crippen LogP contribution in [0.1, 0.15) is 20.9 Å². The Kier molecular flexibility index (Phi) is 7.54. The quantitative estimate of drug-likeness (QED) is 0.474. The van der Waals surface area contributed by atoms with Gasteiger partial charge in [0.15, 0.2) is 16.6 Å². The first-order valence-corrected chi connectivity index (χ1v) is 11.2. The van der Waals surface area contributed by atoms with E-state index in [-0.39, 0.29) is 17.6 Å². The molecule has 2 aromatic carbocycles. The van der Waals surface area contributed by atoms with Crippen molar-refractivity contribution < 1.29 is 19.1 Å². The van der Waals surface area contributed by atoms with E-state index in [9.17, 15) is 9.59 Å². The maximum atomic E-state index is 12.7. The molecule has 0 bridgehead atoms. The molecule has 3 rings (SSSR count). The van der Waals surface area contributed by atoms with Crippen LogP contribution < -0.4 is 20.1 Å². The number of rotatable bonds is 8. The lowest BCUT2D eigenvalue weighted by atomic mass is 10.2. The van der Waals surface area contributed by atoms with Gasteiger partial charge in [-0.15, -0.1) is 23.1 Å². The van der Waals surface area contributed by atoms with E-state index < -0.39 is 0 Å².